The maximum atomic E-state index is 12.5. The summed E-state index contributed by atoms with van der Waals surface area (Å²) in [6.45, 7) is 8.53. The van der Waals surface area contributed by atoms with Gasteiger partial charge in [-0.05, 0) is 38.9 Å². The number of hydrogen-bond donors (Lipinski definition) is 1. The predicted octanol–water partition coefficient (Wildman–Crippen LogP) is 0.555. The average Bonchev–Trinajstić information content (AvgIpc) is 3.12. The number of ether oxygens (including phenoxy) is 1. The van der Waals surface area contributed by atoms with Crippen LogP contribution in [0.1, 0.15) is 26.2 Å². The van der Waals surface area contributed by atoms with Crippen LogP contribution in [0.25, 0.3) is 0 Å². The number of nitrogens with one attached hydrogen (secondary N) is 1. The molecule has 0 aromatic heterocycles. The Morgan fingerprint density at radius 3 is 2.80 bits per heavy atom. The second-order valence-corrected chi connectivity index (χ2v) is 6.01. The number of rotatable bonds is 7. The second kappa shape index (κ2) is 7.96. The minimum atomic E-state index is -0.00914. The largest absolute Gasteiger partial charge is 0.379 e. The van der Waals surface area contributed by atoms with E-state index in [1.165, 1.54) is 25.9 Å². The number of carbonyl (C=O) groups is 1. The van der Waals surface area contributed by atoms with Gasteiger partial charge in [-0.15, -0.1) is 0 Å². The molecule has 2 aliphatic rings. The zero-order valence-electron chi connectivity index (χ0n) is 12.9. The molecule has 20 heavy (non-hydrogen) atoms. The minimum Gasteiger partial charge on any atom is -0.379 e. The summed E-state index contributed by atoms with van der Waals surface area (Å²) in [6.07, 6.45) is 3.69. The van der Waals surface area contributed by atoms with Gasteiger partial charge < -0.3 is 19.9 Å². The fourth-order valence-electron chi connectivity index (χ4n) is 3.02. The van der Waals surface area contributed by atoms with Gasteiger partial charge in [-0.25, -0.2) is 0 Å². The SMILES string of the molecule is CCCNC1COCC1C(=O)N(C)CCN1CCCC1. The van der Waals surface area contributed by atoms with Crippen molar-refractivity contribution in [1.29, 1.82) is 0 Å². The zero-order chi connectivity index (χ0) is 14.4. The molecule has 2 rings (SSSR count). The van der Waals surface area contributed by atoms with Crippen molar-refractivity contribution in [2.45, 2.75) is 32.2 Å². The van der Waals surface area contributed by atoms with Crippen LogP contribution in [0.3, 0.4) is 0 Å². The lowest BCUT2D eigenvalue weighted by atomic mass is 10.0. The van der Waals surface area contributed by atoms with E-state index in [1.807, 2.05) is 11.9 Å². The molecule has 2 atom stereocenters. The molecule has 2 unspecified atom stereocenters. The Morgan fingerprint density at radius 2 is 2.10 bits per heavy atom. The summed E-state index contributed by atoms with van der Waals surface area (Å²) < 4.78 is 5.50. The first-order chi connectivity index (χ1) is 9.72. The van der Waals surface area contributed by atoms with Crippen molar-refractivity contribution >= 4 is 5.91 Å². The number of amides is 1. The Kier molecular flexibility index (Phi) is 6.26. The van der Waals surface area contributed by atoms with Crippen LogP contribution in [0.2, 0.25) is 0 Å². The van der Waals surface area contributed by atoms with Gasteiger partial charge in [0.05, 0.1) is 19.1 Å². The molecule has 0 aromatic rings. The van der Waals surface area contributed by atoms with E-state index in [1.54, 1.807) is 0 Å². The number of nitrogens with zero attached hydrogens (tertiary/aromatic N) is 2. The van der Waals surface area contributed by atoms with Crippen molar-refractivity contribution < 1.29 is 9.53 Å². The van der Waals surface area contributed by atoms with E-state index in [4.69, 9.17) is 4.74 Å². The summed E-state index contributed by atoms with van der Waals surface area (Å²) in [7, 11) is 1.92. The Balaban J connectivity index is 1.76. The molecule has 1 amide bonds. The van der Waals surface area contributed by atoms with Gasteiger partial charge in [0, 0.05) is 26.2 Å². The highest BCUT2D eigenvalue weighted by atomic mass is 16.5. The van der Waals surface area contributed by atoms with Gasteiger partial charge in [0.15, 0.2) is 0 Å². The normalized spacial score (nSPS) is 27.1. The lowest BCUT2D eigenvalue weighted by Gasteiger charge is -2.26. The highest BCUT2D eigenvalue weighted by Gasteiger charge is 2.35. The zero-order valence-corrected chi connectivity index (χ0v) is 12.9. The highest BCUT2D eigenvalue weighted by Crippen LogP contribution is 2.16. The fraction of sp³-hybridized carbons (Fsp3) is 0.933. The molecule has 2 fully saturated rings. The molecule has 0 radical (unpaired) electrons. The monoisotopic (exact) mass is 283 g/mol. The van der Waals surface area contributed by atoms with E-state index >= 15 is 0 Å². The van der Waals surface area contributed by atoms with Crippen molar-refractivity contribution in [2.75, 3.05) is 53.0 Å². The lowest BCUT2D eigenvalue weighted by molar-refractivity contribution is -0.134. The molecule has 0 aromatic carbocycles. The van der Waals surface area contributed by atoms with Crippen LogP contribution >= 0.6 is 0 Å². The summed E-state index contributed by atoms with van der Waals surface area (Å²) in [5, 5.41) is 3.43. The molecule has 0 bridgehead atoms. The Bertz CT molecular complexity index is 305. The second-order valence-electron chi connectivity index (χ2n) is 6.01. The standard InChI is InChI=1S/C15H29N3O2/c1-3-6-16-14-12-20-11-13(14)15(19)17(2)9-10-18-7-4-5-8-18/h13-14,16H,3-12H2,1-2H3. The van der Waals surface area contributed by atoms with Crippen molar-refractivity contribution in [2.24, 2.45) is 5.92 Å². The van der Waals surface area contributed by atoms with Gasteiger partial charge in [-0.3, -0.25) is 4.79 Å². The first-order valence-electron chi connectivity index (χ1n) is 8.01. The van der Waals surface area contributed by atoms with E-state index < -0.39 is 0 Å². The summed E-state index contributed by atoms with van der Waals surface area (Å²) in [4.78, 5) is 16.8. The molecule has 5 heteroatoms. The first-order valence-corrected chi connectivity index (χ1v) is 8.01. The summed E-state index contributed by atoms with van der Waals surface area (Å²) >= 11 is 0. The van der Waals surface area contributed by atoms with Gasteiger partial charge in [0.2, 0.25) is 5.91 Å². The molecule has 0 spiro atoms. The molecule has 5 nitrogen and oxygen atoms in total. The third-order valence-electron chi connectivity index (χ3n) is 4.38. The number of likely N-dealkylation sites (N-methyl/N-ethyl adjacent to an activating group) is 1. The molecule has 1 N–H and O–H groups in total. The molecule has 2 heterocycles. The van der Waals surface area contributed by atoms with Crippen LogP contribution in [0.15, 0.2) is 0 Å². The van der Waals surface area contributed by atoms with Crippen LogP contribution in [-0.2, 0) is 9.53 Å². The van der Waals surface area contributed by atoms with Crippen LogP contribution < -0.4 is 5.32 Å². The smallest absolute Gasteiger partial charge is 0.229 e. The van der Waals surface area contributed by atoms with E-state index in [0.29, 0.717) is 13.2 Å². The molecule has 0 saturated carbocycles. The first kappa shape index (κ1) is 15.7. The van der Waals surface area contributed by atoms with Crippen LogP contribution in [-0.4, -0.2) is 74.7 Å². The quantitative estimate of drug-likeness (QED) is 0.741. The van der Waals surface area contributed by atoms with Crippen molar-refractivity contribution in [3.8, 4) is 0 Å². The van der Waals surface area contributed by atoms with Gasteiger partial charge >= 0.3 is 0 Å². The maximum absolute atomic E-state index is 12.5. The van der Waals surface area contributed by atoms with E-state index in [2.05, 4.69) is 17.1 Å². The summed E-state index contributed by atoms with van der Waals surface area (Å²) in [5.41, 5.74) is 0. The molecule has 0 aliphatic carbocycles. The molecule has 2 aliphatic heterocycles. The van der Waals surface area contributed by atoms with Crippen molar-refractivity contribution in [3.63, 3.8) is 0 Å². The van der Waals surface area contributed by atoms with Crippen LogP contribution in [0.4, 0.5) is 0 Å². The molecule has 2 saturated heterocycles. The molecule has 116 valence electrons. The number of hydrogen-bond acceptors (Lipinski definition) is 4. The van der Waals surface area contributed by atoms with E-state index in [9.17, 15) is 4.79 Å². The molecular formula is C15H29N3O2. The van der Waals surface area contributed by atoms with Crippen LogP contribution in [0.5, 0.6) is 0 Å². The van der Waals surface area contributed by atoms with Gasteiger partial charge in [0.25, 0.3) is 0 Å². The Labute approximate surface area is 122 Å². The van der Waals surface area contributed by atoms with Crippen LogP contribution in [0, 0.1) is 5.92 Å². The summed E-state index contributed by atoms with van der Waals surface area (Å²) in [5.74, 6) is 0.223. The number of carbonyl (C=O) groups excluding carboxylic acids is 1. The third kappa shape index (κ3) is 4.17. The van der Waals surface area contributed by atoms with Gasteiger partial charge in [-0.2, -0.15) is 0 Å². The predicted molar refractivity (Wildman–Crippen MR) is 79.7 cm³/mol. The van der Waals surface area contributed by atoms with E-state index in [0.717, 1.165) is 26.1 Å². The third-order valence-corrected chi connectivity index (χ3v) is 4.38. The minimum absolute atomic E-state index is 0.00914. The van der Waals surface area contributed by atoms with Crippen molar-refractivity contribution in [1.82, 2.24) is 15.1 Å². The summed E-state index contributed by atoms with van der Waals surface area (Å²) in [6, 6.07) is 0.191. The average molecular weight is 283 g/mol. The van der Waals surface area contributed by atoms with Crippen molar-refractivity contribution in [3.05, 3.63) is 0 Å². The fourth-order valence-corrected chi connectivity index (χ4v) is 3.02. The van der Waals surface area contributed by atoms with Gasteiger partial charge in [0.1, 0.15) is 0 Å². The maximum Gasteiger partial charge on any atom is 0.229 e. The number of likely N-dealkylation sites (tertiary alicyclic amines) is 1. The topological polar surface area (TPSA) is 44.8 Å². The Hall–Kier alpha value is -0.650. The highest BCUT2D eigenvalue weighted by molar-refractivity contribution is 5.79. The Morgan fingerprint density at radius 1 is 1.35 bits per heavy atom. The lowest BCUT2D eigenvalue weighted by Crippen LogP contribution is -2.46. The molecular weight excluding hydrogens is 254 g/mol. The van der Waals surface area contributed by atoms with Gasteiger partial charge in [-0.1, -0.05) is 6.92 Å². The van der Waals surface area contributed by atoms with E-state index in [-0.39, 0.29) is 17.9 Å².